The van der Waals surface area contributed by atoms with Crippen molar-refractivity contribution in [2.75, 3.05) is 39.8 Å². The number of likely N-dealkylation sites (tertiary alicyclic amines) is 1. The topological polar surface area (TPSA) is 82.1 Å². The van der Waals surface area contributed by atoms with Crippen LogP contribution in [0.2, 0.25) is 0 Å². The van der Waals surface area contributed by atoms with Gasteiger partial charge in [-0.05, 0) is 44.6 Å². The van der Waals surface area contributed by atoms with E-state index in [9.17, 15) is 14.7 Å². The molecule has 1 aliphatic carbocycles. The lowest BCUT2D eigenvalue weighted by Crippen LogP contribution is -2.51. The van der Waals surface area contributed by atoms with Gasteiger partial charge >= 0.3 is 5.97 Å². The Bertz CT molecular complexity index is 509. The summed E-state index contributed by atoms with van der Waals surface area (Å²) in [6.07, 6.45) is 4.00. The molecule has 2 N–H and O–H groups in total. The van der Waals surface area contributed by atoms with Crippen molar-refractivity contribution in [1.82, 2.24) is 15.1 Å². The zero-order valence-electron chi connectivity index (χ0n) is 15.4. The lowest BCUT2D eigenvalue weighted by Gasteiger charge is -2.37. The number of amides is 1. The summed E-state index contributed by atoms with van der Waals surface area (Å²) in [5.74, 6) is -0.346. The van der Waals surface area contributed by atoms with Gasteiger partial charge in [-0.3, -0.25) is 4.79 Å². The predicted molar refractivity (Wildman–Crippen MR) is 92.9 cm³/mol. The summed E-state index contributed by atoms with van der Waals surface area (Å²) >= 11 is 0. The van der Waals surface area contributed by atoms with Crippen molar-refractivity contribution in [3.8, 4) is 0 Å². The summed E-state index contributed by atoms with van der Waals surface area (Å²) in [6, 6.07) is -0.390. The van der Waals surface area contributed by atoms with Gasteiger partial charge in [0.2, 0.25) is 5.91 Å². The Kier molecular flexibility index (Phi) is 5.65. The normalized spacial score (nSPS) is 30.8. The number of esters is 1. The number of rotatable bonds is 5. The zero-order valence-corrected chi connectivity index (χ0v) is 15.4. The molecule has 0 bridgehead atoms. The molecule has 2 heterocycles. The van der Waals surface area contributed by atoms with Gasteiger partial charge in [-0.25, -0.2) is 4.79 Å². The third-order valence-electron chi connectivity index (χ3n) is 6.15. The maximum atomic E-state index is 12.4. The molecular formula is C18H31N3O4. The van der Waals surface area contributed by atoms with Crippen molar-refractivity contribution in [2.24, 2.45) is 5.41 Å². The number of carbonyl (C=O) groups is 2. The molecule has 0 aromatic rings. The number of hydrogen-bond donors (Lipinski definition) is 2. The van der Waals surface area contributed by atoms with Crippen LogP contribution in [0.3, 0.4) is 0 Å². The van der Waals surface area contributed by atoms with Crippen LogP contribution in [0.1, 0.15) is 39.0 Å². The molecule has 3 fully saturated rings. The second-order valence-electron chi connectivity index (χ2n) is 7.91. The van der Waals surface area contributed by atoms with Gasteiger partial charge in [0.15, 0.2) is 0 Å². The van der Waals surface area contributed by atoms with Crippen molar-refractivity contribution in [3.63, 3.8) is 0 Å². The molecule has 7 heteroatoms. The van der Waals surface area contributed by atoms with Crippen molar-refractivity contribution in [1.29, 1.82) is 0 Å². The zero-order chi connectivity index (χ0) is 18.0. The third-order valence-corrected chi connectivity index (χ3v) is 6.15. The standard InChI is InChI=1S/C18H31N3O4/c1-13-11-21(16(23)3-8-19-13)14(17(24)25-2)4-9-20-10-7-18(5-6-18)15(22)12-20/h13-15,19,22H,3-12H2,1-2H3/t13-,14+,15-/m1/s1. The second-order valence-corrected chi connectivity index (χ2v) is 7.91. The largest absolute Gasteiger partial charge is 0.467 e. The molecule has 0 aromatic carbocycles. The Hall–Kier alpha value is -1.18. The minimum atomic E-state index is -0.547. The number of aliphatic hydroxyl groups is 1. The van der Waals surface area contributed by atoms with Crippen LogP contribution in [-0.4, -0.2) is 84.8 Å². The Balaban J connectivity index is 1.60. The average molecular weight is 353 g/mol. The van der Waals surface area contributed by atoms with Gasteiger partial charge in [0.25, 0.3) is 0 Å². The molecule has 3 rings (SSSR count). The molecular weight excluding hydrogens is 322 g/mol. The van der Waals surface area contributed by atoms with E-state index in [1.807, 2.05) is 6.92 Å². The van der Waals surface area contributed by atoms with Crippen molar-refractivity contribution >= 4 is 11.9 Å². The van der Waals surface area contributed by atoms with E-state index in [2.05, 4.69) is 10.2 Å². The number of hydrogen-bond acceptors (Lipinski definition) is 6. The first-order valence-electron chi connectivity index (χ1n) is 9.46. The minimum Gasteiger partial charge on any atom is -0.467 e. The first kappa shape index (κ1) is 18.6. The van der Waals surface area contributed by atoms with E-state index in [4.69, 9.17) is 4.74 Å². The van der Waals surface area contributed by atoms with Gasteiger partial charge in [-0.2, -0.15) is 0 Å². The fourth-order valence-corrected chi connectivity index (χ4v) is 4.20. The SMILES string of the molecule is COC(=O)[C@H](CCN1CCC2(CC2)[C@H](O)C1)N1C[C@@H](C)NCCC1=O. The summed E-state index contributed by atoms with van der Waals surface area (Å²) in [5, 5.41) is 13.6. The van der Waals surface area contributed by atoms with E-state index in [0.29, 0.717) is 39.0 Å². The number of ether oxygens (including phenoxy) is 1. The molecule has 1 spiro atoms. The van der Waals surface area contributed by atoms with Gasteiger partial charge in [0.1, 0.15) is 6.04 Å². The van der Waals surface area contributed by atoms with E-state index < -0.39 is 6.04 Å². The van der Waals surface area contributed by atoms with Crippen LogP contribution in [-0.2, 0) is 14.3 Å². The quantitative estimate of drug-likeness (QED) is 0.676. The lowest BCUT2D eigenvalue weighted by atomic mass is 9.90. The molecule has 25 heavy (non-hydrogen) atoms. The Morgan fingerprint density at radius 3 is 2.80 bits per heavy atom. The lowest BCUT2D eigenvalue weighted by molar-refractivity contribution is -0.153. The molecule has 0 unspecified atom stereocenters. The van der Waals surface area contributed by atoms with Crippen LogP contribution in [0.15, 0.2) is 0 Å². The second kappa shape index (κ2) is 7.60. The fraction of sp³-hybridized carbons (Fsp3) is 0.889. The van der Waals surface area contributed by atoms with Crippen LogP contribution >= 0.6 is 0 Å². The van der Waals surface area contributed by atoms with Gasteiger partial charge < -0.3 is 25.0 Å². The minimum absolute atomic E-state index is 0.00265. The van der Waals surface area contributed by atoms with Crippen molar-refractivity contribution in [3.05, 3.63) is 0 Å². The summed E-state index contributed by atoms with van der Waals surface area (Å²) in [4.78, 5) is 28.7. The highest BCUT2D eigenvalue weighted by Gasteiger charge is 2.51. The molecule has 2 aliphatic heterocycles. The number of nitrogens with zero attached hydrogens (tertiary/aromatic N) is 2. The van der Waals surface area contributed by atoms with Gasteiger partial charge in [-0.15, -0.1) is 0 Å². The van der Waals surface area contributed by atoms with E-state index in [-0.39, 0.29) is 29.4 Å². The number of aliphatic hydroxyl groups excluding tert-OH is 1. The molecule has 142 valence electrons. The molecule has 0 aromatic heterocycles. The Morgan fingerprint density at radius 2 is 2.16 bits per heavy atom. The molecule has 1 amide bonds. The fourth-order valence-electron chi connectivity index (χ4n) is 4.20. The van der Waals surface area contributed by atoms with E-state index in [0.717, 1.165) is 25.8 Å². The summed E-state index contributed by atoms with van der Waals surface area (Å²) in [6.45, 7) is 5.50. The number of methoxy groups -OCH3 is 1. The molecule has 2 saturated heterocycles. The van der Waals surface area contributed by atoms with Crippen LogP contribution in [0.25, 0.3) is 0 Å². The van der Waals surface area contributed by atoms with Crippen LogP contribution in [0, 0.1) is 5.41 Å². The van der Waals surface area contributed by atoms with Crippen molar-refractivity contribution in [2.45, 2.75) is 57.2 Å². The molecule has 7 nitrogen and oxygen atoms in total. The first-order chi connectivity index (χ1) is 11.9. The highest BCUT2D eigenvalue weighted by molar-refractivity contribution is 5.84. The van der Waals surface area contributed by atoms with E-state index >= 15 is 0 Å². The van der Waals surface area contributed by atoms with Gasteiger partial charge in [-0.1, -0.05) is 0 Å². The first-order valence-corrected chi connectivity index (χ1v) is 9.46. The van der Waals surface area contributed by atoms with E-state index in [1.165, 1.54) is 7.11 Å². The summed E-state index contributed by atoms with van der Waals surface area (Å²) in [5.41, 5.74) is 0.181. The maximum Gasteiger partial charge on any atom is 0.328 e. The summed E-state index contributed by atoms with van der Waals surface area (Å²) < 4.78 is 4.97. The number of piperidine rings is 1. The Morgan fingerprint density at radius 1 is 1.40 bits per heavy atom. The Labute approximate surface area is 149 Å². The maximum absolute atomic E-state index is 12.4. The van der Waals surface area contributed by atoms with Crippen LogP contribution in [0.4, 0.5) is 0 Å². The van der Waals surface area contributed by atoms with E-state index in [1.54, 1.807) is 4.90 Å². The van der Waals surface area contributed by atoms with Gasteiger partial charge in [0, 0.05) is 38.6 Å². The monoisotopic (exact) mass is 353 g/mol. The van der Waals surface area contributed by atoms with Crippen LogP contribution in [0.5, 0.6) is 0 Å². The molecule has 3 aliphatic rings. The molecule has 0 radical (unpaired) electrons. The smallest absolute Gasteiger partial charge is 0.328 e. The third kappa shape index (κ3) is 4.15. The van der Waals surface area contributed by atoms with Gasteiger partial charge in [0.05, 0.1) is 13.2 Å². The van der Waals surface area contributed by atoms with Crippen molar-refractivity contribution < 1.29 is 19.4 Å². The van der Waals surface area contributed by atoms with Crippen LogP contribution < -0.4 is 5.32 Å². The number of β-amino-alcohol motifs (C(OH)–C–C–N with tert-alkyl or cyclic N) is 1. The summed E-state index contributed by atoms with van der Waals surface area (Å²) in [7, 11) is 1.38. The number of carbonyl (C=O) groups excluding carboxylic acids is 2. The molecule has 1 saturated carbocycles. The molecule has 3 atom stereocenters. The number of nitrogens with one attached hydrogen (secondary N) is 1. The predicted octanol–water partition coefficient (Wildman–Crippen LogP) is -0.0247. The highest BCUT2D eigenvalue weighted by atomic mass is 16.5. The highest BCUT2D eigenvalue weighted by Crippen LogP contribution is 2.53. The average Bonchev–Trinajstić information content (AvgIpc) is 3.38.